The normalized spacial score (nSPS) is 10.9. The lowest BCUT2D eigenvalue weighted by atomic mass is 10.1. The van der Waals surface area contributed by atoms with Crippen LogP contribution in [0, 0.1) is 0 Å². The Morgan fingerprint density at radius 2 is 1.47 bits per heavy atom. The Labute approximate surface area is 198 Å². The fraction of sp³-hybridized carbons (Fsp3) is 0.370. The number of aromatic hydroxyl groups is 1. The third kappa shape index (κ3) is 6.25. The smallest absolute Gasteiger partial charge is 0.311 e. The minimum Gasteiger partial charge on any atom is -0.504 e. The second-order valence-corrected chi connectivity index (χ2v) is 8.16. The second-order valence-electron chi connectivity index (χ2n) is 8.16. The van der Waals surface area contributed by atoms with Gasteiger partial charge in [0, 0.05) is 12.8 Å². The van der Waals surface area contributed by atoms with Crippen molar-refractivity contribution in [2.45, 2.75) is 65.2 Å². The molecule has 1 heterocycles. The van der Waals surface area contributed by atoms with Crippen molar-refractivity contribution in [1.29, 1.82) is 0 Å². The molecule has 2 aromatic carbocycles. The Balaban J connectivity index is 1.81. The number of unbranched alkanes of at least 4 members (excludes halogenated alkanes) is 4. The first kappa shape index (κ1) is 25.0. The molecule has 0 amide bonds. The van der Waals surface area contributed by atoms with Crippen molar-refractivity contribution in [1.82, 2.24) is 0 Å². The monoisotopic (exact) mass is 466 g/mol. The molecule has 1 aromatic heterocycles. The van der Waals surface area contributed by atoms with Crippen molar-refractivity contribution in [3.63, 3.8) is 0 Å². The number of esters is 2. The third-order valence-corrected chi connectivity index (χ3v) is 5.46. The van der Waals surface area contributed by atoms with E-state index in [0.717, 1.165) is 32.1 Å². The molecule has 7 nitrogen and oxygen atoms in total. The van der Waals surface area contributed by atoms with E-state index in [2.05, 4.69) is 6.92 Å². The van der Waals surface area contributed by atoms with Crippen LogP contribution in [0.5, 0.6) is 17.2 Å². The predicted molar refractivity (Wildman–Crippen MR) is 129 cm³/mol. The van der Waals surface area contributed by atoms with Crippen LogP contribution in [0.1, 0.15) is 65.2 Å². The zero-order chi connectivity index (χ0) is 24.5. The van der Waals surface area contributed by atoms with Gasteiger partial charge in [-0.15, -0.1) is 0 Å². The molecule has 7 heteroatoms. The zero-order valence-electron chi connectivity index (χ0n) is 19.6. The van der Waals surface area contributed by atoms with Crippen LogP contribution in [0.15, 0.2) is 51.9 Å². The highest BCUT2D eigenvalue weighted by Crippen LogP contribution is 2.35. The second kappa shape index (κ2) is 12.0. The van der Waals surface area contributed by atoms with Gasteiger partial charge in [0.25, 0.3) is 0 Å². The van der Waals surface area contributed by atoms with E-state index in [0.29, 0.717) is 29.7 Å². The van der Waals surface area contributed by atoms with Gasteiger partial charge in [0.2, 0.25) is 11.2 Å². The van der Waals surface area contributed by atoms with Crippen molar-refractivity contribution in [3.05, 3.63) is 52.9 Å². The summed E-state index contributed by atoms with van der Waals surface area (Å²) in [4.78, 5) is 37.2. The lowest BCUT2D eigenvalue weighted by molar-refractivity contribution is -0.135. The standard InChI is InChI=1S/C27H30O7/c1-3-5-7-9-23(29)33-19-13-11-18(12-14-19)21-17-32-26-20(25(21)31)15-16-22(28)27(26)34-24(30)10-8-6-4-2/h11-17,28H,3-10H2,1-2H3. The maximum absolute atomic E-state index is 13.1. The van der Waals surface area contributed by atoms with Crippen molar-refractivity contribution in [2.24, 2.45) is 0 Å². The molecular formula is C27H30O7. The number of carbonyl (C=O) groups is 2. The van der Waals surface area contributed by atoms with E-state index in [1.165, 1.54) is 18.4 Å². The lowest BCUT2D eigenvalue weighted by Gasteiger charge is -2.10. The molecular weight excluding hydrogens is 436 g/mol. The van der Waals surface area contributed by atoms with Crippen LogP contribution in [0.3, 0.4) is 0 Å². The van der Waals surface area contributed by atoms with Gasteiger partial charge in [-0.3, -0.25) is 14.4 Å². The van der Waals surface area contributed by atoms with Gasteiger partial charge in [-0.1, -0.05) is 51.7 Å². The third-order valence-electron chi connectivity index (χ3n) is 5.46. The van der Waals surface area contributed by atoms with Gasteiger partial charge in [0.05, 0.1) is 10.9 Å². The van der Waals surface area contributed by atoms with Crippen LogP contribution < -0.4 is 14.9 Å². The number of ether oxygens (including phenoxy) is 2. The molecule has 0 atom stereocenters. The highest BCUT2D eigenvalue weighted by atomic mass is 16.5. The predicted octanol–water partition coefficient (Wildman–Crippen LogP) is 6.14. The minimum absolute atomic E-state index is 0.00946. The molecule has 1 N–H and O–H groups in total. The first-order chi connectivity index (χ1) is 16.4. The summed E-state index contributed by atoms with van der Waals surface area (Å²) in [5, 5.41) is 10.4. The molecule has 0 aliphatic heterocycles. The quantitative estimate of drug-likeness (QED) is 0.206. The lowest BCUT2D eigenvalue weighted by Crippen LogP contribution is -2.10. The van der Waals surface area contributed by atoms with Gasteiger partial charge in [-0.25, -0.2) is 0 Å². The summed E-state index contributed by atoms with van der Waals surface area (Å²) >= 11 is 0. The highest BCUT2D eigenvalue weighted by molar-refractivity contribution is 5.90. The molecule has 0 aliphatic rings. The SMILES string of the molecule is CCCCCC(=O)Oc1ccc(-c2coc3c(OC(=O)CCCCC)c(O)ccc3c2=O)cc1. The molecule has 0 aliphatic carbocycles. The molecule has 0 radical (unpaired) electrons. The van der Waals surface area contributed by atoms with E-state index in [1.54, 1.807) is 24.3 Å². The molecule has 0 saturated carbocycles. The summed E-state index contributed by atoms with van der Waals surface area (Å²) in [5.74, 6) is -0.825. The number of rotatable bonds is 11. The van der Waals surface area contributed by atoms with E-state index in [9.17, 15) is 19.5 Å². The topological polar surface area (TPSA) is 103 Å². The number of carbonyl (C=O) groups excluding carboxylic acids is 2. The first-order valence-corrected chi connectivity index (χ1v) is 11.7. The number of phenolic OH excluding ortho intramolecular Hbond substituents is 1. The van der Waals surface area contributed by atoms with Crippen LogP contribution in [-0.2, 0) is 9.59 Å². The van der Waals surface area contributed by atoms with Crippen LogP contribution in [0.25, 0.3) is 22.1 Å². The van der Waals surface area contributed by atoms with Gasteiger partial charge < -0.3 is 19.0 Å². The van der Waals surface area contributed by atoms with Crippen molar-refractivity contribution < 1.29 is 28.6 Å². The maximum Gasteiger partial charge on any atom is 0.311 e. The van der Waals surface area contributed by atoms with Gasteiger partial charge in [-0.05, 0) is 42.7 Å². The van der Waals surface area contributed by atoms with Crippen LogP contribution >= 0.6 is 0 Å². The molecule has 34 heavy (non-hydrogen) atoms. The van der Waals surface area contributed by atoms with Crippen LogP contribution in [0.2, 0.25) is 0 Å². The summed E-state index contributed by atoms with van der Waals surface area (Å²) in [6.07, 6.45) is 7.17. The Bertz CT molecular complexity index is 1190. The molecule has 0 unspecified atom stereocenters. The van der Waals surface area contributed by atoms with Crippen molar-refractivity contribution in [2.75, 3.05) is 0 Å². The summed E-state index contributed by atoms with van der Waals surface area (Å²) < 4.78 is 16.3. The fourth-order valence-electron chi connectivity index (χ4n) is 3.55. The number of phenols is 1. The summed E-state index contributed by atoms with van der Waals surface area (Å²) in [6, 6.07) is 9.32. The Morgan fingerprint density at radius 1 is 0.853 bits per heavy atom. The minimum atomic E-state index is -0.497. The van der Waals surface area contributed by atoms with Crippen molar-refractivity contribution >= 4 is 22.9 Å². The van der Waals surface area contributed by atoms with E-state index < -0.39 is 5.97 Å². The van der Waals surface area contributed by atoms with Gasteiger partial charge in [-0.2, -0.15) is 0 Å². The molecule has 180 valence electrons. The van der Waals surface area contributed by atoms with Gasteiger partial charge in [0.15, 0.2) is 11.3 Å². The van der Waals surface area contributed by atoms with Gasteiger partial charge >= 0.3 is 11.9 Å². The van der Waals surface area contributed by atoms with Crippen LogP contribution in [-0.4, -0.2) is 17.0 Å². The first-order valence-electron chi connectivity index (χ1n) is 11.7. The van der Waals surface area contributed by atoms with E-state index in [4.69, 9.17) is 13.9 Å². The van der Waals surface area contributed by atoms with Crippen LogP contribution in [0.4, 0.5) is 0 Å². The number of hydrogen-bond acceptors (Lipinski definition) is 7. The average molecular weight is 467 g/mol. The molecule has 0 saturated heterocycles. The average Bonchev–Trinajstić information content (AvgIpc) is 2.82. The number of hydrogen-bond donors (Lipinski definition) is 1. The van der Waals surface area contributed by atoms with E-state index >= 15 is 0 Å². The Kier molecular flexibility index (Phi) is 8.85. The Morgan fingerprint density at radius 3 is 2.09 bits per heavy atom. The maximum atomic E-state index is 13.1. The number of benzene rings is 2. The molecule has 3 aromatic rings. The molecule has 0 bridgehead atoms. The summed E-state index contributed by atoms with van der Waals surface area (Å²) in [6.45, 7) is 4.10. The molecule has 0 fully saturated rings. The summed E-state index contributed by atoms with van der Waals surface area (Å²) in [7, 11) is 0. The van der Waals surface area contributed by atoms with Gasteiger partial charge in [0.1, 0.15) is 12.0 Å². The zero-order valence-corrected chi connectivity index (χ0v) is 19.6. The van der Waals surface area contributed by atoms with E-state index in [1.807, 2.05) is 6.92 Å². The molecule has 3 rings (SSSR count). The largest absolute Gasteiger partial charge is 0.504 e. The van der Waals surface area contributed by atoms with E-state index in [-0.39, 0.29) is 40.3 Å². The van der Waals surface area contributed by atoms with Crippen molar-refractivity contribution in [3.8, 4) is 28.4 Å². The fourth-order valence-corrected chi connectivity index (χ4v) is 3.55. The Hall–Kier alpha value is -3.61. The molecule has 0 spiro atoms. The summed E-state index contributed by atoms with van der Waals surface area (Å²) in [5.41, 5.74) is 0.538. The number of fused-ring (bicyclic) bond motifs is 1. The highest BCUT2D eigenvalue weighted by Gasteiger charge is 2.19.